The highest BCUT2D eigenvalue weighted by atomic mass is 16.5. The van der Waals surface area contributed by atoms with E-state index in [0.717, 1.165) is 5.69 Å². The highest BCUT2D eigenvalue weighted by molar-refractivity contribution is 6.00. The molecule has 0 spiro atoms. The third-order valence-electron chi connectivity index (χ3n) is 4.18. The largest absolute Gasteiger partial charge is 0.493 e. The van der Waals surface area contributed by atoms with Crippen LogP contribution < -0.4 is 19.7 Å². The van der Waals surface area contributed by atoms with E-state index in [9.17, 15) is 9.59 Å². The highest BCUT2D eigenvalue weighted by Crippen LogP contribution is 2.31. The predicted molar refractivity (Wildman–Crippen MR) is 94.2 cm³/mol. The van der Waals surface area contributed by atoms with E-state index in [1.165, 1.54) is 14.2 Å². The van der Waals surface area contributed by atoms with E-state index in [0.29, 0.717) is 23.6 Å². The Kier molecular flexibility index (Phi) is 4.88. The van der Waals surface area contributed by atoms with Crippen LogP contribution in [0.25, 0.3) is 0 Å². The summed E-state index contributed by atoms with van der Waals surface area (Å²) in [7, 11) is 3.01. The number of carbonyl (C=O) groups is 2. The van der Waals surface area contributed by atoms with Crippen molar-refractivity contribution in [2.75, 3.05) is 25.7 Å². The van der Waals surface area contributed by atoms with Gasteiger partial charge in [0.1, 0.15) is 0 Å². The van der Waals surface area contributed by atoms with Crippen molar-refractivity contribution in [2.24, 2.45) is 0 Å². The monoisotopic (exact) mass is 340 g/mol. The van der Waals surface area contributed by atoms with Crippen LogP contribution in [0.5, 0.6) is 11.5 Å². The van der Waals surface area contributed by atoms with E-state index < -0.39 is 0 Å². The van der Waals surface area contributed by atoms with Gasteiger partial charge in [-0.15, -0.1) is 0 Å². The zero-order valence-electron chi connectivity index (χ0n) is 14.2. The number of hydrogen-bond acceptors (Lipinski definition) is 4. The van der Waals surface area contributed by atoms with E-state index >= 15 is 0 Å². The summed E-state index contributed by atoms with van der Waals surface area (Å²) >= 11 is 0. The molecule has 2 amide bonds. The standard InChI is InChI=1S/C19H20N2O4/c1-24-16-10-6-9-15(18(16)25-2)19(23)20-13-11-17(22)21(12-13)14-7-4-3-5-8-14/h3-10,13H,11-12H2,1-2H3,(H,20,23)/t13-/m0/s1. The lowest BCUT2D eigenvalue weighted by Crippen LogP contribution is -2.37. The van der Waals surface area contributed by atoms with Crippen LogP contribution in [0.4, 0.5) is 5.69 Å². The van der Waals surface area contributed by atoms with E-state index in [2.05, 4.69) is 5.32 Å². The summed E-state index contributed by atoms with van der Waals surface area (Å²) < 4.78 is 10.5. The van der Waals surface area contributed by atoms with Crippen LogP contribution in [-0.2, 0) is 4.79 Å². The maximum Gasteiger partial charge on any atom is 0.255 e. The van der Waals surface area contributed by atoms with Gasteiger partial charge in [-0.05, 0) is 24.3 Å². The number of anilines is 1. The average Bonchev–Trinajstić information content (AvgIpc) is 3.01. The van der Waals surface area contributed by atoms with Crippen molar-refractivity contribution in [1.29, 1.82) is 0 Å². The van der Waals surface area contributed by atoms with Gasteiger partial charge in [0.25, 0.3) is 5.91 Å². The molecule has 1 fully saturated rings. The van der Waals surface area contributed by atoms with Gasteiger partial charge in [-0.2, -0.15) is 0 Å². The van der Waals surface area contributed by atoms with Gasteiger partial charge in [-0.1, -0.05) is 24.3 Å². The second kappa shape index (κ2) is 7.25. The summed E-state index contributed by atoms with van der Waals surface area (Å²) in [6.07, 6.45) is 0.271. The Morgan fingerprint density at radius 1 is 1.08 bits per heavy atom. The van der Waals surface area contributed by atoms with Crippen molar-refractivity contribution in [3.05, 3.63) is 54.1 Å². The van der Waals surface area contributed by atoms with Crippen LogP contribution in [0.1, 0.15) is 16.8 Å². The van der Waals surface area contributed by atoms with Gasteiger partial charge in [-0.3, -0.25) is 9.59 Å². The molecule has 0 radical (unpaired) electrons. The molecule has 2 aromatic carbocycles. The Morgan fingerprint density at radius 3 is 2.52 bits per heavy atom. The van der Waals surface area contributed by atoms with Crippen molar-refractivity contribution in [2.45, 2.75) is 12.5 Å². The van der Waals surface area contributed by atoms with Crippen LogP contribution in [-0.4, -0.2) is 38.6 Å². The Hall–Kier alpha value is -3.02. The topological polar surface area (TPSA) is 67.9 Å². The molecule has 0 unspecified atom stereocenters. The van der Waals surface area contributed by atoms with Crippen molar-refractivity contribution in [3.63, 3.8) is 0 Å². The molecule has 0 aliphatic carbocycles. The van der Waals surface area contributed by atoms with Crippen molar-refractivity contribution >= 4 is 17.5 Å². The molecule has 0 saturated carbocycles. The lowest BCUT2D eigenvalue weighted by atomic mass is 10.1. The van der Waals surface area contributed by atoms with Crippen LogP contribution in [0.2, 0.25) is 0 Å². The first kappa shape index (κ1) is 16.8. The van der Waals surface area contributed by atoms with Crippen LogP contribution in [0, 0.1) is 0 Å². The molecule has 3 rings (SSSR count). The van der Waals surface area contributed by atoms with Crippen molar-refractivity contribution in [1.82, 2.24) is 5.32 Å². The third kappa shape index (κ3) is 3.42. The van der Waals surface area contributed by atoms with E-state index in [4.69, 9.17) is 9.47 Å². The molecule has 6 heteroatoms. The molecule has 130 valence electrons. The van der Waals surface area contributed by atoms with E-state index in [-0.39, 0.29) is 24.3 Å². The number of carbonyl (C=O) groups excluding carboxylic acids is 2. The number of amides is 2. The third-order valence-corrected chi connectivity index (χ3v) is 4.18. The number of nitrogens with zero attached hydrogens (tertiary/aromatic N) is 1. The van der Waals surface area contributed by atoms with Crippen molar-refractivity contribution in [3.8, 4) is 11.5 Å². The lowest BCUT2D eigenvalue weighted by molar-refractivity contribution is -0.117. The Labute approximate surface area is 146 Å². The van der Waals surface area contributed by atoms with Gasteiger partial charge in [0.2, 0.25) is 5.91 Å². The first-order valence-corrected chi connectivity index (χ1v) is 8.01. The summed E-state index contributed by atoms with van der Waals surface area (Å²) in [5.74, 6) is 0.577. The zero-order valence-corrected chi connectivity index (χ0v) is 14.2. The maximum atomic E-state index is 12.6. The number of methoxy groups -OCH3 is 2. The molecule has 1 aliphatic rings. The lowest BCUT2D eigenvalue weighted by Gasteiger charge is -2.18. The SMILES string of the molecule is COc1cccc(C(=O)N[C@H]2CC(=O)N(c3ccccc3)C2)c1OC. The first-order chi connectivity index (χ1) is 12.1. The van der Waals surface area contributed by atoms with Gasteiger partial charge in [0.15, 0.2) is 11.5 Å². The zero-order chi connectivity index (χ0) is 17.8. The minimum Gasteiger partial charge on any atom is -0.493 e. The minimum absolute atomic E-state index is 0.00546. The molecule has 0 bridgehead atoms. The summed E-state index contributed by atoms with van der Waals surface area (Å²) in [6, 6.07) is 14.3. The molecule has 25 heavy (non-hydrogen) atoms. The number of rotatable bonds is 5. The Morgan fingerprint density at radius 2 is 1.84 bits per heavy atom. The number of ether oxygens (including phenoxy) is 2. The maximum absolute atomic E-state index is 12.6. The Bertz CT molecular complexity index is 776. The van der Waals surface area contributed by atoms with Gasteiger partial charge in [0, 0.05) is 18.7 Å². The fraction of sp³-hybridized carbons (Fsp3) is 0.263. The smallest absolute Gasteiger partial charge is 0.255 e. The first-order valence-electron chi connectivity index (χ1n) is 8.01. The highest BCUT2D eigenvalue weighted by Gasteiger charge is 2.32. The summed E-state index contributed by atoms with van der Waals surface area (Å²) in [5.41, 5.74) is 1.22. The van der Waals surface area contributed by atoms with E-state index in [1.54, 1.807) is 23.1 Å². The number of nitrogens with one attached hydrogen (secondary N) is 1. The van der Waals surface area contributed by atoms with Gasteiger partial charge in [0.05, 0.1) is 25.8 Å². The molecule has 0 aromatic heterocycles. The number of para-hydroxylation sites is 2. The van der Waals surface area contributed by atoms with Gasteiger partial charge < -0.3 is 19.7 Å². The normalized spacial score (nSPS) is 16.6. The molecule has 1 N–H and O–H groups in total. The second-order valence-electron chi connectivity index (χ2n) is 5.76. The summed E-state index contributed by atoms with van der Waals surface area (Å²) in [6.45, 7) is 0.445. The number of hydrogen-bond donors (Lipinski definition) is 1. The molecule has 6 nitrogen and oxygen atoms in total. The minimum atomic E-state index is -0.288. The average molecular weight is 340 g/mol. The van der Waals surface area contributed by atoms with Gasteiger partial charge in [-0.25, -0.2) is 0 Å². The van der Waals surface area contributed by atoms with Crippen LogP contribution >= 0.6 is 0 Å². The van der Waals surface area contributed by atoms with Crippen LogP contribution in [0.15, 0.2) is 48.5 Å². The number of benzene rings is 2. The summed E-state index contributed by atoms with van der Waals surface area (Å²) in [4.78, 5) is 26.6. The predicted octanol–water partition coefficient (Wildman–Crippen LogP) is 2.24. The van der Waals surface area contributed by atoms with Crippen LogP contribution in [0.3, 0.4) is 0 Å². The fourth-order valence-electron chi connectivity index (χ4n) is 2.99. The van der Waals surface area contributed by atoms with Gasteiger partial charge >= 0.3 is 0 Å². The Balaban J connectivity index is 1.74. The molecule has 1 aliphatic heterocycles. The molecule has 1 saturated heterocycles. The van der Waals surface area contributed by atoms with E-state index in [1.807, 2.05) is 30.3 Å². The quantitative estimate of drug-likeness (QED) is 0.906. The summed E-state index contributed by atoms with van der Waals surface area (Å²) in [5, 5.41) is 2.91. The molecule has 1 atom stereocenters. The molecular formula is C19H20N2O4. The fourth-order valence-corrected chi connectivity index (χ4v) is 2.99. The molecular weight excluding hydrogens is 320 g/mol. The van der Waals surface area contributed by atoms with Crippen molar-refractivity contribution < 1.29 is 19.1 Å². The molecule has 1 heterocycles. The molecule has 2 aromatic rings. The second-order valence-corrected chi connectivity index (χ2v) is 5.76.